The van der Waals surface area contributed by atoms with E-state index < -0.39 is 0 Å². The smallest absolute Gasteiger partial charge is 0.257 e. The molecule has 2 amide bonds. The molecule has 0 unspecified atom stereocenters. The molecule has 0 radical (unpaired) electrons. The number of aromatic nitrogens is 6. The third kappa shape index (κ3) is 10.3. The zero-order chi connectivity index (χ0) is 39.1. The Balaban J connectivity index is 0.000000190. The molecule has 0 atom stereocenters. The molecule has 0 spiro atoms. The largest absolute Gasteiger partial charge is 0.357 e. The van der Waals surface area contributed by atoms with Crippen LogP contribution in [-0.4, -0.2) is 42.2 Å². The Morgan fingerprint density at radius 1 is 0.691 bits per heavy atom. The number of carbonyl (C=O) groups is 2. The maximum Gasteiger partial charge on any atom is 0.257 e. The first-order valence-corrected chi connectivity index (χ1v) is 20.9. The lowest BCUT2D eigenvalue weighted by Gasteiger charge is -2.08. The third-order valence-electron chi connectivity index (χ3n) is 8.27. The van der Waals surface area contributed by atoms with E-state index in [0.717, 1.165) is 65.2 Å². The Bertz CT molecular complexity index is 2610. The highest BCUT2D eigenvalue weighted by Gasteiger charge is 2.13. The first-order chi connectivity index (χ1) is 26.4. The summed E-state index contributed by atoms with van der Waals surface area (Å²) in [6, 6.07) is 20.3. The van der Waals surface area contributed by atoms with Crippen LogP contribution in [0.2, 0.25) is 0 Å². The van der Waals surface area contributed by atoms with Crippen molar-refractivity contribution in [2.45, 2.75) is 67.6 Å². The average molecular weight is 811 g/mol. The van der Waals surface area contributed by atoms with Crippen molar-refractivity contribution in [2.75, 3.05) is 10.6 Å². The van der Waals surface area contributed by atoms with Gasteiger partial charge >= 0.3 is 0 Å². The van der Waals surface area contributed by atoms with E-state index in [4.69, 9.17) is 0 Å². The molecule has 0 aliphatic heterocycles. The van der Waals surface area contributed by atoms with Crippen molar-refractivity contribution < 1.29 is 9.59 Å². The molecule has 3 aromatic carbocycles. The van der Waals surface area contributed by atoms with E-state index in [1.54, 1.807) is 24.3 Å². The average Bonchev–Trinajstić information content (AvgIpc) is 3.80. The van der Waals surface area contributed by atoms with Crippen LogP contribution in [0.3, 0.4) is 0 Å². The van der Waals surface area contributed by atoms with Crippen LogP contribution in [0.5, 0.6) is 0 Å². The van der Waals surface area contributed by atoms with Gasteiger partial charge in [0, 0.05) is 63.3 Å². The molecule has 282 valence electrons. The number of anilines is 2. The minimum Gasteiger partial charge on any atom is -0.357 e. The van der Waals surface area contributed by atoms with Gasteiger partial charge in [-0.05, 0) is 75.1 Å². The van der Waals surface area contributed by atoms with Crippen molar-refractivity contribution in [1.82, 2.24) is 30.4 Å². The summed E-state index contributed by atoms with van der Waals surface area (Å²) in [6.07, 6.45) is 1.26. The van der Waals surface area contributed by atoms with Gasteiger partial charge in [-0.3, -0.25) is 24.5 Å². The molecule has 0 bridgehead atoms. The minimum atomic E-state index is -0.215. The molecule has 0 aliphatic carbocycles. The quantitative estimate of drug-likeness (QED) is 0.0732. The van der Waals surface area contributed by atoms with Gasteiger partial charge in [0.05, 0.1) is 5.52 Å². The normalized spacial score (nSPS) is 11.0. The summed E-state index contributed by atoms with van der Waals surface area (Å²) >= 11 is 5.59. The molecule has 4 N–H and O–H groups in total. The van der Waals surface area contributed by atoms with Crippen molar-refractivity contribution in [3.8, 4) is 0 Å². The van der Waals surface area contributed by atoms with E-state index in [9.17, 15) is 19.2 Å². The number of rotatable bonds is 11. The fourth-order valence-electron chi connectivity index (χ4n) is 5.49. The lowest BCUT2D eigenvalue weighted by molar-refractivity contribution is -0.116. The number of aromatic amines is 2. The highest BCUT2D eigenvalue weighted by molar-refractivity contribution is 8.00. The molecule has 0 fully saturated rings. The van der Waals surface area contributed by atoms with Gasteiger partial charge in [-0.2, -0.15) is 0 Å². The van der Waals surface area contributed by atoms with E-state index in [2.05, 4.69) is 41.0 Å². The second-order valence-corrected chi connectivity index (χ2v) is 17.2. The lowest BCUT2D eigenvalue weighted by atomic mass is 10.0. The highest BCUT2D eigenvalue weighted by atomic mass is 32.2. The van der Waals surface area contributed by atoms with Gasteiger partial charge in [-0.15, -0.1) is 20.4 Å². The summed E-state index contributed by atoms with van der Waals surface area (Å²) in [5, 5.41) is 24.1. The zero-order valence-electron chi connectivity index (χ0n) is 30.7. The number of thioether (sulfide) groups is 2. The molecule has 0 saturated heterocycles. The predicted molar refractivity (Wildman–Crippen MR) is 225 cm³/mol. The third-order valence-corrected chi connectivity index (χ3v) is 12.3. The van der Waals surface area contributed by atoms with Gasteiger partial charge in [-0.1, -0.05) is 89.0 Å². The molecule has 0 saturated carbocycles. The van der Waals surface area contributed by atoms with Crippen molar-refractivity contribution >= 4 is 90.1 Å². The van der Waals surface area contributed by atoms with Crippen LogP contribution in [-0.2, 0) is 16.3 Å². The topological polar surface area (TPSA) is 175 Å². The second kappa shape index (κ2) is 18.0. The molecule has 0 aliphatic rings. The fourth-order valence-corrected chi connectivity index (χ4v) is 8.82. The number of carbonyl (C=O) groups excluding carboxylic acids is 2. The van der Waals surface area contributed by atoms with Crippen molar-refractivity contribution in [1.29, 1.82) is 0 Å². The molecule has 7 rings (SSSR count). The Morgan fingerprint density at radius 3 is 1.96 bits per heavy atom. The first kappa shape index (κ1) is 39.5. The fraction of sp³-hybridized carbons (Fsp3) is 0.231. The minimum absolute atomic E-state index is 0.00846. The number of hydrogen-bond acceptors (Lipinski definition) is 12. The Hall–Kier alpha value is -5.16. The van der Waals surface area contributed by atoms with Crippen molar-refractivity contribution in [2.24, 2.45) is 0 Å². The molecule has 4 heterocycles. The monoisotopic (exact) mass is 810 g/mol. The molecular formula is C39H38N8O4S4. The number of hydrogen-bond donors (Lipinski definition) is 4. The molecule has 7 aromatic rings. The van der Waals surface area contributed by atoms with Crippen molar-refractivity contribution in [3.63, 3.8) is 0 Å². The highest BCUT2D eigenvalue weighted by Crippen LogP contribution is 2.30. The molecule has 4 aromatic heterocycles. The maximum atomic E-state index is 12.6. The van der Waals surface area contributed by atoms with Crippen LogP contribution in [0.15, 0.2) is 85.0 Å². The summed E-state index contributed by atoms with van der Waals surface area (Å²) < 4.78 is 1.47. The van der Waals surface area contributed by atoms with E-state index >= 15 is 0 Å². The van der Waals surface area contributed by atoms with Gasteiger partial charge < -0.3 is 15.3 Å². The first-order valence-electron chi connectivity index (χ1n) is 17.3. The van der Waals surface area contributed by atoms with Crippen LogP contribution in [0.4, 0.5) is 10.3 Å². The second-order valence-electron chi connectivity index (χ2n) is 12.8. The number of fused-ring (bicyclic) bond motifs is 2. The van der Waals surface area contributed by atoms with E-state index in [0.29, 0.717) is 39.1 Å². The van der Waals surface area contributed by atoms with Gasteiger partial charge in [0.1, 0.15) is 0 Å². The number of nitrogens with one attached hydrogen (secondary N) is 4. The molecule has 16 heteroatoms. The van der Waals surface area contributed by atoms with Crippen LogP contribution >= 0.6 is 46.2 Å². The Morgan fingerprint density at radius 2 is 1.29 bits per heavy atom. The number of benzene rings is 3. The van der Waals surface area contributed by atoms with Crippen LogP contribution in [0, 0.1) is 27.7 Å². The Kier molecular flexibility index (Phi) is 12.9. The molecule has 12 nitrogen and oxygen atoms in total. The predicted octanol–water partition coefficient (Wildman–Crippen LogP) is 8.57. The molecular weight excluding hydrogens is 773 g/mol. The zero-order valence-corrected chi connectivity index (χ0v) is 34.0. The maximum absolute atomic E-state index is 12.6. The summed E-state index contributed by atoms with van der Waals surface area (Å²) in [5.41, 5.74) is 8.18. The summed E-state index contributed by atoms with van der Waals surface area (Å²) in [5.74, 6) is 0.868. The number of pyridine rings is 2. The lowest BCUT2D eigenvalue weighted by Crippen LogP contribution is -2.11. The van der Waals surface area contributed by atoms with Crippen molar-refractivity contribution in [3.05, 3.63) is 126 Å². The number of H-pyrrole nitrogens is 2. The van der Waals surface area contributed by atoms with Gasteiger partial charge in [0.15, 0.2) is 19.5 Å². The summed E-state index contributed by atoms with van der Waals surface area (Å²) in [4.78, 5) is 55.3. The number of nitrogens with zero attached hydrogens (tertiary/aromatic N) is 4. The van der Waals surface area contributed by atoms with Gasteiger partial charge in [0.25, 0.3) is 5.91 Å². The van der Waals surface area contributed by atoms with E-state index in [-0.39, 0.29) is 22.7 Å². The van der Waals surface area contributed by atoms with Crippen LogP contribution < -0.4 is 21.5 Å². The van der Waals surface area contributed by atoms with Gasteiger partial charge in [-0.25, -0.2) is 0 Å². The van der Waals surface area contributed by atoms with E-state index in [1.165, 1.54) is 46.2 Å². The van der Waals surface area contributed by atoms with Gasteiger partial charge in [0.2, 0.25) is 16.2 Å². The SMILES string of the molecule is CCCC(=O)Nc1nnc(SCc2cc(=O)c3ccc(C)cc3[nH]2)s1.Cc1ccc(C(=O)Nc2nnc(SCc3cc(=O)c4c(C)ccc(C)c4[nH]3)s2)cc1. The number of amides is 2. The number of aryl methyl sites for hydroxylation is 4. The summed E-state index contributed by atoms with van der Waals surface area (Å²) in [6.45, 7) is 9.85. The van der Waals surface area contributed by atoms with Crippen LogP contribution in [0.1, 0.15) is 63.8 Å². The van der Waals surface area contributed by atoms with E-state index in [1.807, 2.05) is 77.1 Å². The standard InChI is InChI=1S/C22H20N4O2S2.C17H18N4O2S2/c1-12-4-8-15(9-5-12)20(28)24-21-25-26-22(30-21)29-11-16-10-17(27)18-13(2)6-7-14(3)19(18)23-16;1-3-4-15(23)19-16-20-21-17(25-16)24-9-11-8-14(22)12-6-5-10(2)7-13(12)18-11/h4-10H,11H2,1-3H3,(H,23,27)(H,24,25,28);5-8H,3-4,9H2,1-2H3,(H,18,22)(H,19,20,23). The van der Waals surface area contributed by atoms with Crippen LogP contribution in [0.25, 0.3) is 21.8 Å². The Labute approximate surface area is 333 Å². The summed E-state index contributed by atoms with van der Waals surface area (Å²) in [7, 11) is 0. The molecule has 55 heavy (non-hydrogen) atoms.